The fourth-order valence-corrected chi connectivity index (χ4v) is 3.63. The minimum atomic E-state index is -0.0174. The number of carbonyl (C=O) groups is 1. The number of furan rings is 1. The van der Waals surface area contributed by atoms with Crippen molar-refractivity contribution in [2.45, 2.75) is 13.3 Å². The number of hydrogen-bond donors (Lipinski definition) is 0. The largest absolute Gasteiger partial charge is 0.460 e. The predicted molar refractivity (Wildman–Crippen MR) is 90.9 cm³/mol. The molecule has 0 fully saturated rings. The molecule has 106 valence electrons. The molecule has 0 spiro atoms. The van der Waals surface area contributed by atoms with Crippen molar-refractivity contribution in [3.8, 4) is 0 Å². The second-order valence-electron chi connectivity index (χ2n) is 4.70. The zero-order valence-corrected chi connectivity index (χ0v) is 14.5. The van der Waals surface area contributed by atoms with Gasteiger partial charge in [0.05, 0.1) is 5.56 Å². The average Bonchev–Trinajstić information content (AvgIpc) is 2.85. The van der Waals surface area contributed by atoms with Crippen LogP contribution in [0.5, 0.6) is 0 Å². The normalized spacial score (nSPS) is 11.0. The molecule has 1 aromatic heterocycles. The molecule has 0 bridgehead atoms. The Labute approximate surface area is 139 Å². The molecule has 0 atom stereocenters. The summed E-state index contributed by atoms with van der Waals surface area (Å²) in [6.45, 7) is 1.99. The topological polar surface area (TPSA) is 30.2 Å². The first-order valence-corrected chi connectivity index (χ1v) is 8.20. The second-order valence-corrected chi connectivity index (χ2v) is 6.47. The number of halogens is 2. The molecule has 0 saturated heterocycles. The van der Waals surface area contributed by atoms with Crippen molar-refractivity contribution in [3.05, 3.63) is 68.3 Å². The van der Waals surface area contributed by atoms with E-state index in [1.54, 1.807) is 0 Å². The van der Waals surface area contributed by atoms with Gasteiger partial charge in [0.25, 0.3) is 0 Å². The van der Waals surface area contributed by atoms with Crippen LogP contribution in [0, 0.1) is 0 Å². The highest BCUT2D eigenvalue weighted by Gasteiger charge is 2.22. The fourth-order valence-electron chi connectivity index (χ4n) is 2.40. The van der Waals surface area contributed by atoms with E-state index < -0.39 is 0 Å². The van der Waals surface area contributed by atoms with E-state index in [0.29, 0.717) is 17.5 Å². The summed E-state index contributed by atoms with van der Waals surface area (Å²) in [7, 11) is 0. The first-order valence-electron chi connectivity index (χ1n) is 6.62. The van der Waals surface area contributed by atoms with Crippen LogP contribution in [0.2, 0.25) is 0 Å². The van der Waals surface area contributed by atoms with Gasteiger partial charge in [0.1, 0.15) is 11.3 Å². The molecule has 21 heavy (non-hydrogen) atoms. The van der Waals surface area contributed by atoms with Crippen molar-refractivity contribution in [3.63, 3.8) is 0 Å². The Balaban J connectivity index is 2.21. The van der Waals surface area contributed by atoms with Gasteiger partial charge in [-0.3, -0.25) is 4.79 Å². The van der Waals surface area contributed by atoms with Gasteiger partial charge in [-0.15, -0.1) is 0 Å². The molecular formula is C17H12Br2O2. The van der Waals surface area contributed by atoms with E-state index in [1.165, 1.54) is 0 Å². The minimum Gasteiger partial charge on any atom is -0.460 e. The Morgan fingerprint density at radius 2 is 1.90 bits per heavy atom. The zero-order chi connectivity index (χ0) is 15.0. The van der Waals surface area contributed by atoms with Crippen LogP contribution < -0.4 is 0 Å². The number of fused-ring (bicyclic) bond motifs is 1. The Morgan fingerprint density at radius 1 is 1.14 bits per heavy atom. The zero-order valence-electron chi connectivity index (χ0n) is 11.3. The molecule has 2 nitrogen and oxygen atoms in total. The molecule has 0 unspecified atom stereocenters. The van der Waals surface area contributed by atoms with Gasteiger partial charge in [-0.25, -0.2) is 0 Å². The monoisotopic (exact) mass is 406 g/mol. The van der Waals surface area contributed by atoms with Crippen LogP contribution in [0.3, 0.4) is 0 Å². The molecule has 0 radical (unpaired) electrons. The highest BCUT2D eigenvalue weighted by Crippen LogP contribution is 2.31. The Morgan fingerprint density at radius 3 is 2.62 bits per heavy atom. The lowest BCUT2D eigenvalue weighted by atomic mass is 9.99. The molecule has 0 saturated carbocycles. The van der Waals surface area contributed by atoms with Gasteiger partial charge in [0, 0.05) is 26.3 Å². The summed E-state index contributed by atoms with van der Waals surface area (Å²) < 4.78 is 7.51. The number of hydrogen-bond acceptors (Lipinski definition) is 2. The van der Waals surface area contributed by atoms with Gasteiger partial charge < -0.3 is 4.42 Å². The molecule has 0 aliphatic heterocycles. The lowest BCUT2D eigenvalue weighted by Crippen LogP contribution is -2.04. The molecule has 1 heterocycles. The molecule has 0 aliphatic carbocycles. The lowest BCUT2D eigenvalue weighted by Gasteiger charge is -2.05. The number of carbonyl (C=O) groups excluding carboxylic acids is 1. The summed E-state index contributed by atoms with van der Waals surface area (Å²) in [4.78, 5) is 12.9. The van der Waals surface area contributed by atoms with Crippen LogP contribution in [0.25, 0.3) is 11.0 Å². The van der Waals surface area contributed by atoms with Crippen molar-refractivity contribution in [2.75, 3.05) is 0 Å². The van der Waals surface area contributed by atoms with Crippen LogP contribution in [0.4, 0.5) is 0 Å². The second kappa shape index (κ2) is 5.78. The lowest BCUT2D eigenvalue weighted by molar-refractivity contribution is 0.103. The molecule has 0 N–H and O–H groups in total. The summed E-state index contributed by atoms with van der Waals surface area (Å²) in [5.41, 5.74) is 2.06. The summed E-state index contributed by atoms with van der Waals surface area (Å²) >= 11 is 6.86. The van der Waals surface area contributed by atoms with E-state index in [4.69, 9.17) is 4.42 Å². The van der Waals surface area contributed by atoms with E-state index in [1.807, 2.05) is 49.4 Å². The summed E-state index contributed by atoms with van der Waals surface area (Å²) in [6.07, 6.45) is 0.684. The molecule has 0 aliphatic rings. The average molecular weight is 408 g/mol. The summed E-state index contributed by atoms with van der Waals surface area (Å²) in [5, 5.41) is 0.870. The van der Waals surface area contributed by atoms with Crippen LogP contribution >= 0.6 is 31.9 Å². The maximum absolute atomic E-state index is 12.9. The third-order valence-corrected chi connectivity index (χ3v) is 4.54. The number of rotatable bonds is 3. The van der Waals surface area contributed by atoms with Gasteiger partial charge in [0.2, 0.25) is 0 Å². The smallest absolute Gasteiger partial charge is 0.198 e. The molecule has 3 aromatic rings. The number of benzene rings is 2. The third-order valence-electron chi connectivity index (χ3n) is 3.39. The van der Waals surface area contributed by atoms with E-state index in [-0.39, 0.29) is 5.78 Å². The fraction of sp³-hybridized carbons (Fsp3) is 0.118. The van der Waals surface area contributed by atoms with Crippen LogP contribution in [0.15, 0.2) is 55.8 Å². The maximum atomic E-state index is 12.9. The van der Waals surface area contributed by atoms with Gasteiger partial charge in [0.15, 0.2) is 5.78 Å². The first-order chi connectivity index (χ1) is 10.1. The van der Waals surface area contributed by atoms with Crippen molar-refractivity contribution in [1.29, 1.82) is 0 Å². The minimum absolute atomic E-state index is 0.0174. The van der Waals surface area contributed by atoms with Gasteiger partial charge in [-0.1, -0.05) is 41.1 Å². The quantitative estimate of drug-likeness (QED) is 0.517. The molecule has 4 heteroatoms. The van der Waals surface area contributed by atoms with Crippen molar-refractivity contribution >= 4 is 48.6 Å². The van der Waals surface area contributed by atoms with Crippen LogP contribution in [-0.2, 0) is 6.42 Å². The third kappa shape index (κ3) is 2.58. The van der Waals surface area contributed by atoms with Crippen LogP contribution in [-0.4, -0.2) is 5.78 Å². The maximum Gasteiger partial charge on any atom is 0.198 e. The van der Waals surface area contributed by atoms with E-state index in [9.17, 15) is 4.79 Å². The van der Waals surface area contributed by atoms with Crippen molar-refractivity contribution in [2.24, 2.45) is 0 Å². The van der Waals surface area contributed by atoms with E-state index in [2.05, 4.69) is 31.9 Å². The predicted octanol–water partition coefficient (Wildman–Crippen LogP) is 5.75. The Bertz CT molecular complexity index is 834. The van der Waals surface area contributed by atoms with Gasteiger partial charge in [-0.05, 0) is 40.2 Å². The highest BCUT2D eigenvalue weighted by molar-refractivity contribution is 9.11. The first kappa shape index (κ1) is 14.5. The summed E-state index contributed by atoms with van der Waals surface area (Å²) in [5.74, 6) is 0.715. The SMILES string of the molecule is CCc1oc2ccccc2c1C(=O)c1ccc(Br)cc1Br. The molecular weight excluding hydrogens is 396 g/mol. The van der Waals surface area contributed by atoms with Crippen LogP contribution in [0.1, 0.15) is 28.6 Å². The number of aryl methyl sites for hydroxylation is 1. The Hall–Kier alpha value is -1.39. The van der Waals surface area contributed by atoms with Gasteiger partial charge in [-0.2, -0.15) is 0 Å². The molecule has 0 amide bonds. The Kier molecular flexibility index (Phi) is 4.00. The van der Waals surface area contributed by atoms with Crippen molar-refractivity contribution in [1.82, 2.24) is 0 Å². The molecule has 3 rings (SSSR count). The number of para-hydroxylation sites is 1. The van der Waals surface area contributed by atoms with Crippen molar-refractivity contribution < 1.29 is 9.21 Å². The molecule has 2 aromatic carbocycles. The standard InChI is InChI=1S/C17H12Br2O2/c1-2-14-16(12-5-3-4-6-15(12)21-14)17(20)11-8-7-10(18)9-13(11)19/h3-9H,2H2,1H3. The van der Waals surface area contributed by atoms with Gasteiger partial charge >= 0.3 is 0 Å². The van der Waals surface area contributed by atoms with E-state index >= 15 is 0 Å². The summed E-state index contributed by atoms with van der Waals surface area (Å²) in [6, 6.07) is 13.2. The van der Waals surface area contributed by atoms with E-state index in [0.717, 1.165) is 25.7 Å². The highest BCUT2D eigenvalue weighted by atomic mass is 79.9. The number of ketones is 1.